The molecule has 1 aliphatic rings. The third-order valence-electron chi connectivity index (χ3n) is 7.51. The van der Waals surface area contributed by atoms with Crippen molar-refractivity contribution >= 4 is 16.9 Å². The van der Waals surface area contributed by atoms with Crippen molar-refractivity contribution in [3.63, 3.8) is 0 Å². The Labute approximate surface area is 233 Å². The number of aliphatic hydroxyl groups is 1. The molecule has 0 bridgehead atoms. The molecule has 0 amide bonds. The van der Waals surface area contributed by atoms with E-state index in [1.807, 2.05) is 44.2 Å². The van der Waals surface area contributed by atoms with Crippen LogP contribution in [0, 0.1) is 19.7 Å². The maximum absolute atomic E-state index is 15.3. The number of aryl methyl sites for hydroxylation is 2. The van der Waals surface area contributed by atoms with E-state index in [0.717, 1.165) is 44.5 Å². The second-order valence-corrected chi connectivity index (χ2v) is 11.1. The first-order chi connectivity index (χ1) is 19.0. The quantitative estimate of drug-likeness (QED) is 0.224. The molecule has 1 aromatic heterocycles. The summed E-state index contributed by atoms with van der Waals surface area (Å²) in [5.41, 5.74) is 6.28. The summed E-state index contributed by atoms with van der Waals surface area (Å²) in [6.45, 7) is 8.03. The maximum Gasteiger partial charge on any atom is 0.310 e. The Hall–Kier alpha value is -3.84. The van der Waals surface area contributed by atoms with Gasteiger partial charge in [-0.3, -0.25) is 4.79 Å². The highest BCUT2D eigenvalue weighted by Gasteiger charge is 2.31. The van der Waals surface area contributed by atoms with E-state index in [1.165, 1.54) is 13.2 Å². The minimum atomic E-state index is -0.783. The van der Waals surface area contributed by atoms with Gasteiger partial charge in [0, 0.05) is 29.0 Å². The summed E-state index contributed by atoms with van der Waals surface area (Å²) in [5.74, 6) is 0.720. The molecule has 7 heteroatoms. The molecule has 210 valence electrons. The van der Waals surface area contributed by atoms with E-state index in [9.17, 15) is 9.90 Å². The van der Waals surface area contributed by atoms with Gasteiger partial charge < -0.3 is 23.7 Å². The standard InChI is InChI=1S/C33H35FO6/c1-19-14-23(38-13-12-33(3,4)36)15-20(2)31(19)25-8-10-27(34)32-26(25)9-11-28(32)40-22-6-7-24-21(16-30(35)37-5)18-39-29(24)17-22/h6-8,10,14-15,17-18,28,36H,9,11-13,16H2,1-5H3. The fourth-order valence-electron chi connectivity index (χ4n) is 5.54. The molecule has 0 spiro atoms. The molecule has 0 saturated carbocycles. The highest BCUT2D eigenvalue weighted by atomic mass is 19.1. The Balaban J connectivity index is 1.40. The van der Waals surface area contributed by atoms with Crippen LogP contribution in [0.4, 0.5) is 4.39 Å². The molecule has 0 saturated heterocycles. The number of rotatable bonds is 9. The summed E-state index contributed by atoms with van der Waals surface area (Å²) in [7, 11) is 1.36. The minimum absolute atomic E-state index is 0.125. The fourth-order valence-corrected chi connectivity index (χ4v) is 5.54. The van der Waals surface area contributed by atoms with Gasteiger partial charge in [-0.15, -0.1) is 0 Å². The smallest absolute Gasteiger partial charge is 0.310 e. The molecule has 3 aromatic carbocycles. The van der Waals surface area contributed by atoms with Crippen molar-refractivity contribution in [1.29, 1.82) is 0 Å². The first kappa shape index (κ1) is 27.7. The van der Waals surface area contributed by atoms with Gasteiger partial charge in [-0.1, -0.05) is 6.07 Å². The van der Waals surface area contributed by atoms with Gasteiger partial charge in [0.2, 0.25) is 0 Å². The zero-order valence-electron chi connectivity index (χ0n) is 23.6. The largest absolute Gasteiger partial charge is 0.493 e. The van der Waals surface area contributed by atoms with Crippen LogP contribution in [0.3, 0.4) is 0 Å². The first-order valence-corrected chi connectivity index (χ1v) is 13.6. The van der Waals surface area contributed by atoms with Crippen LogP contribution < -0.4 is 9.47 Å². The van der Waals surface area contributed by atoms with Crippen molar-refractivity contribution in [2.75, 3.05) is 13.7 Å². The summed E-state index contributed by atoms with van der Waals surface area (Å²) < 4.78 is 37.9. The summed E-state index contributed by atoms with van der Waals surface area (Å²) in [6, 6.07) is 12.8. The van der Waals surface area contributed by atoms with Crippen LogP contribution in [-0.2, 0) is 22.4 Å². The summed E-state index contributed by atoms with van der Waals surface area (Å²) in [6.07, 6.45) is 3.13. The van der Waals surface area contributed by atoms with Crippen LogP contribution in [-0.4, -0.2) is 30.4 Å². The van der Waals surface area contributed by atoms with E-state index in [4.69, 9.17) is 18.6 Å². The van der Waals surface area contributed by atoms with Gasteiger partial charge in [0.25, 0.3) is 0 Å². The van der Waals surface area contributed by atoms with E-state index in [-0.39, 0.29) is 18.2 Å². The maximum atomic E-state index is 15.3. The Morgan fingerprint density at radius 3 is 2.55 bits per heavy atom. The number of ether oxygens (including phenoxy) is 3. The van der Waals surface area contributed by atoms with Gasteiger partial charge in [0.1, 0.15) is 29.0 Å². The van der Waals surface area contributed by atoms with Crippen molar-refractivity contribution < 1.29 is 32.9 Å². The average Bonchev–Trinajstić information content (AvgIpc) is 3.49. The lowest BCUT2D eigenvalue weighted by molar-refractivity contribution is -0.139. The lowest BCUT2D eigenvalue weighted by Gasteiger charge is -2.20. The van der Waals surface area contributed by atoms with Gasteiger partial charge in [0.15, 0.2) is 0 Å². The molecule has 0 radical (unpaired) electrons. The molecule has 1 heterocycles. The lowest BCUT2D eigenvalue weighted by Crippen LogP contribution is -2.21. The molecule has 1 unspecified atom stereocenters. The minimum Gasteiger partial charge on any atom is -0.493 e. The molecule has 1 aliphatic carbocycles. The SMILES string of the molecule is COC(=O)Cc1coc2cc(OC3CCc4c(-c5c(C)cc(OCCC(C)(C)O)cc5C)ccc(F)c43)ccc12. The number of furan rings is 1. The summed E-state index contributed by atoms with van der Waals surface area (Å²) >= 11 is 0. The van der Waals surface area contributed by atoms with E-state index in [1.54, 1.807) is 26.2 Å². The average molecular weight is 547 g/mol. The van der Waals surface area contributed by atoms with Gasteiger partial charge in [-0.25, -0.2) is 4.39 Å². The van der Waals surface area contributed by atoms with Crippen molar-refractivity contribution in [1.82, 2.24) is 0 Å². The Kier molecular flexibility index (Phi) is 7.60. The van der Waals surface area contributed by atoms with Crippen LogP contribution in [0.15, 0.2) is 53.1 Å². The number of halogens is 1. The Morgan fingerprint density at radius 1 is 1.10 bits per heavy atom. The molecular formula is C33H35FO6. The highest BCUT2D eigenvalue weighted by molar-refractivity contribution is 5.86. The first-order valence-electron chi connectivity index (χ1n) is 13.6. The zero-order chi connectivity index (χ0) is 28.6. The fraction of sp³-hybridized carbons (Fsp3) is 0.364. The molecular weight excluding hydrogens is 511 g/mol. The molecule has 1 N–H and O–H groups in total. The number of hydrogen-bond donors (Lipinski definition) is 1. The molecule has 0 fully saturated rings. The third-order valence-corrected chi connectivity index (χ3v) is 7.51. The van der Waals surface area contributed by atoms with Gasteiger partial charge >= 0.3 is 5.97 Å². The van der Waals surface area contributed by atoms with Crippen LogP contribution in [0.25, 0.3) is 22.1 Å². The second-order valence-electron chi connectivity index (χ2n) is 11.1. The number of esters is 1. The topological polar surface area (TPSA) is 78.1 Å². The molecule has 0 aliphatic heterocycles. The van der Waals surface area contributed by atoms with Crippen LogP contribution >= 0.6 is 0 Å². The molecule has 5 rings (SSSR count). The van der Waals surface area contributed by atoms with Crippen molar-refractivity contribution in [3.05, 3.63) is 82.4 Å². The summed E-state index contributed by atoms with van der Waals surface area (Å²) in [5, 5.41) is 10.8. The normalized spacial score (nSPS) is 14.8. The number of carbonyl (C=O) groups is 1. The number of benzene rings is 3. The predicted molar refractivity (Wildman–Crippen MR) is 151 cm³/mol. The van der Waals surface area contributed by atoms with Crippen molar-refractivity contribution in [3.8, 4) is 22.6 Å². The van der Waals surface area contributed by atoms with Gasteiger partial charge in [-0.05, 0) is 98.7 Å². The predicted octanol–water partition coefficient (Wildman–Crippen LogP) is 7.18. The Bertz CT molecular complexity index is 1540. The number of carbonyl (C=O) groups excluding carboxylic acids is 1. The van der Waals surface area contributed by atoms with E-state index >= 15 is 4.39 Å². The van der Waals surface area contributed by atoms with Crippen LogP contribution in [0.5, 0.6) is 11.5 Å². The van der Waals surface area contributed by atoms with Crippen LogP contribution in [0.2, 0.25) is 0 Å². The second kappa shape index (κ2) is 11.0. The van der Waals surface area contributed by atoms with E-state index < -0.39 is 11.7 Å². The highest BCUT2D eigenvalue weighted by Crippen LogP contribution is 2.44. The van der Waals surface area contributed by atoms with E-state index in [2.05, 4.69) is 0 Å². The monoisotopic (exact) mass is 546 g/mol. The summed E-state index contributed by atoms with van der Waals surface area (Å²) in [4.78, 5) is 11.7. The van der Waals surface area contributed by atoms with Gasteiger partial charge in [0.05, 0.1) is 32.0 Å². The van der Waals surface area contributed by atoms with Crippen LogP contribution in [0.1, 0.15) is 60.6 Å². The number of fused-ring (bicyclic) bond motifs is 2. The Morgan fingerprint density at radius 2 is 1.85 bits per heavy atom. The molecule has 1 atom stereocenters. The third kappa shape index (κ3) is 5.70. The zero-order valence-corrected chi connectivity index (χ0v) is 23.6. The number of hydrogen-bond acceptors (Lipinski definition) is 6. The van der Waals surface area contributed by atoms with Crippen molar-refractivity contribution in [2.24, 2.45) is 0 Å². The molecule has 4 aromatic rings. The molecule has 6 nitrogen and oxygen atoms in total. The lowest BCUT2D eigenvalue weighted by atomic mass is 9.90. The van der Waals surface area contributed by atoms with Gasteiger partial charge in [-0.2, -0.15) is 0 Å². The molecule has 40 heavy (non-hydrogen) atoms. The number of methoxy groups -OCH3 is 1. The van der Waals surface area contributed by atoms with E-state index in [0.29, 0.717) is 42.8 Å². The van der Waals surface area contributed by atoms with Crippen molar-refractivity contribution in [2.45, 2.75) is 65.1 Å².